The molecule has 0 atom stereocenters. The maximum absolute atomic E-state index is 9.99. The summed E-state index contributed by atoms with van der Waals surface area (Å²) in [5.41, 5.74) is 0. The molecule has 0 fully saturated rings. The van der Waals surface area contributed by atoms with Crippen LogP contribution in [0.1, 0.15) is 0 Å². The van der Waals surface area contributed by atoms with Crippen LogP contribution in [0.4, 0.5) is 0 Å². The Balaban J connectivity index is 3.20. The third-order valence-corrected chi connectivity index (χ3v) is 0.868. The second-order valence-corrected chi connectivity index (χ2v) is 1.42. The van der Waals surface area contributed by atoms with E-state index in [1.54, 1.807) is 7.11 Å². The van der Waals surface area contributed by atoms with Crippen molar-refractivity contribution in [2.75, 3.05) is 27.4 Å². The number of rotatable bonds is 5. The van der Waals surface area contributed by atoms with E-state index < -0.39 is 0 Å². The van der Waals surface area contributed by atoms with E-state index in [0.29, 0.717) is 19.6 Å². The molecule has 0 saturated carbocycles. The second kappa shape index (κ2) is 5.53. The van der Waals surface area contributed by atoms with Crippen molar-refractivity contribution in [3.63, 3.8) is 0 Å². The van der Waals surface area contributed by atoms with Crippen LogP contribution in [0.5, 0.6) is 0 Å². The van der Waals surface area contributed by atoms with Gasteiger partial charge in [-0.1, -0.05) is 0 Å². The monoisotopic (exact) mass is 133 g/mol. The summed E-state index contributed by atoms with van der Waals surface area (Å²) in [4.78, 5) is 14.6. The second-order valence-electron chi connectivity index (χ2n) is 1.42. The number of hydrogen-bond donors (Lipinski definition) is 0. The minimum atomic E-state index is 0.469. The van der Waals surface area contributed by atoms with E-state index in [4.69, 9.17) is 4.74 Å². The predicted octanol–water partition coefficient (Wildman–Crippen LogP) is -0.347. The van der Waals surface area contributed by atoms with Gasteiger partial charge in [0.2, 0.25) is 6.41 Å². The number of carbonyl (C=O) groups is 1. The smallest absolute Gasteiger partial charge is 0.233 e. The topological polar surface area (TPSA) is 38.8 Å². The predicted molar refractivity (Wildman–Crippen MR) is 31.7 cm³/mol. The Morgan fingerprint density at radius 3 is 2.56 bits per heavy atom. The van der Waals surface area contributed by atoms with Crippen LogP contribution in [0, 0.1) is 0 Å². The van der Waals surface area contributed by atoms with Crippen molar-refractivity contribution in [2.24, 2.45) is 0 Å². The molecule has 0 N–H and O–H groups in total. The third kappa shape index (κ3) is 3.93. The largest absolute Gasteiger partial charge is 0.383 e. The molecule has 0 radical (unpaired) electrons. The fraction of sp³-hybridized carbons (Fsp3) is 0.800. The summed E-state index contributed by atoms with van der Waals surface area (Å²) in [6, 6.07) is 0. The molecule has 9 heavy (non-hydrogen) atoms. The number of methoxy groups -OCH3 is 1. The highest BCUT2D eigenvalue weighted by Gasteiger charge is 1.95. The van der Waals surface area contributed by atoms with Crippen molar-refractivity contribution in [3.05, 3.63) is 0 Å². The SMILES string of the molecule is COCCN(C=O)OC. The molecule has 0 aliphatic rings. The summed E-state index contributed by atoms with van der Waals surface area (Å²) in [7, 11) is 3.00. The highest BCUT2D eigenvalue weighted by molar-refractivity contribution is 5.44. The lowest BCUT2D eigenvalue weighted by molar-refractivity contribution is -0.163. The van der Waals surface area contributed by atoms with E-state index in [1.807, 2.05) is 0 Å². The first kappa shape index (κ1) is 8.39. The lowest BCUT2D eigenvalue weighted by Crippen LogP contribution is -2.24. The average Bonchev–Trinajstić information content (AvgIpc) is 1.91. The summed E-state index contributed by atoms with van der Waals surface area (Å²) >= 11 is 0. The Morgan fingerprint density at radius 1 is 1.56 bits per heavy atom. The normalized spacial score (nSPS) is 9.11. The van der Waals surface area contributed by atoms with Gasteiger partial charge >= 0.3 is 0 Å². The summed E-state index contributed by atoms with van der Waals surface area (Å²) in [5.74, 6) is 0. The molecule has 0 bridgehead atoms. The number of amides is 1. The van der Waals surface area contributed by atoms with Crippen LogP contribution in [-0.2, 0) is 14.4 Å². The van der Waals surface area contributed by atoms with Gasteiger partial charge in [0.05, 0.1) is 20.3 Å². The Bertz CT molecular complexity index is 76.6. The lowest BCUT2D eigenvalue weighted by Gasteiger charge is -2.11. The fourth-order valence-electron chi connectivity index (χ4n) is 0.368. The minimum Gasteiger partial charge on any atom is -0.383 e. The zero-order valence-electron chi connectivity index (χ0n) is 5.66. The van der Waals surface area contributed by atoms with Crippen molar-refractivity contribution >= 4 is 6.41 Å². The fourth-order valence-corrected chi connectivity index (χ4v) is 0.368. The molecule has 1 amide bonds. The van der Waals surface area contributed by atoms with Gasteiger partial charge in [0.25, 0.3) is 0 Å². The maximum atomic E-state index is 9.99. The van der Waals surface area contributed by atoms with Crippen LogP contribution in [0.15, 0.2) is 0 Å². The van der Waals surface area contributed by atoms with Gasteiger partial charge in [-0.15, -0.1) is 0 Å². The quantitative estimate of drug-likeness (QED) is 0.380. The molecule has 0 aliphatic heterocycles. The van der Waals surface area contributed by atoms with E-state index in [9.17, 15) is 4.79 Å². The Kier molecular flexibility index (Phi) is 5.15. The van der Waals surface area contributed by atoms with Gasteiger partial charge in [-0.3, -0.25) is 9.63 Å². The van der Waals surface area contributed by atoms with Gasteiger partial charge in [-0.25, -0.2) is 5.06 Å². The van der Waals surface area contributed by atoms with Crippen LogP contribution >= 0.6 is 0 Å². The molecule has 0 rings (SSSR count). The summed E-state index contributed by atoms with van der Waals surface area (Å²) < 4.78 is 4.70. The first-order valence-corrected chi connectivity index (χ1v) is 2.60. The highest BCUT2D eigenvalue weighted by atomic mass is 16.7. The van der Waals surface area contributed by atoms with Crippen molar-refractivity contribution in [1.29, 1.82) is 0 Å². The maximum Gasteiger partial charge on any atom is 0.233 e. The molecular formula is C5H11NO3. The zero-order valence-corrected chi connectivity index (χ0v) is 5.66. The van der Waals surface area contributed by atoms with E-state index >= 15 is 0 Å². The first-order valence-electron chi connectivity index (χ1n) is 2.60. The van der Waals surface area contributed by atoms with Crippen molar-refractivity contribution in [2.45, 2.75) is 0 Å². The molecule has 0 saturated heterocycles. The van der Waals surface area contributed by atoms with Crippen molar-refractivity contribution in [3.8, 4) is 0 Å². The molecular weight excluding hydrogens is 122 g/mol. The molecule has 4 heteroatoms. The molecule has 0 aromatic rings. The van der Waals surface area contributed by atoms with Crippen LogP contribution in [0.3, 0.4) is 0 Å². The van der Waals surface area contributed by atoms with E-state index in [1.165, 1.54) is 7.11 Å². The van der Waals surface area contributed by atoms with Crippen LogP contribution in [0.25, 0.3) is 0 Å². The summed E-state index contributed by atoms with van der Waals surface area (Å²) in [5, 5.41) is 1.16. The zero-order chi connectivity index (χ0) is 7.11. The number of nitrogens with zero attached hydrogens (tertiary/aromatic N) is 1. The Labute approximate surface area is 54.3 Å². The van der Waals surface area contributed by atoms with Crippen LogP contribution in [0.2, 0.25) is 0 Å². The van der Waals surface area contributed by atoms with Gasteiger partial charge in [-0.2, -0.15) is 0 Å². The van der Waals surface area contributed by atoms with Gasteiger partial charge in [-0.05, 0) is 0 Å². The number of ether oxygens (including phenoxy) is 1. The molecule has 0 aromatic heterocycles. The number of hydrogen-bond acceptors (Lipinski definition) is 3. The molecule has 0 heterocycles. The van der Waals surface area contributed by atoms with Gasteiger partial charge in [0, 0.05) is 7.11 Å². The first-order chi connectivity index (χ1) is 4.35. The number of hydroxylamine groups is 2. The van der Waals surface area contributed by atoms with Gasteiger partial charge in [0.15, 0.2) is 0 Å². The molecule has 0 aliphatic carbocycles. The Hall–Kier alpha value is -0.610. The number of carbonyl (C=O) groups excluding carboxylic acids is 1. The standard InChI is InChI=1S/C5H11NO3/c1-8-4-3-6(5-7)9-2/h5H,3-4H2,1-2H3. The summed E-state index contributed by atoms with van der Waals surface area (Å²) in [6.45, 7) is 0.961. The highest BCUT2D eigenvalue weighted by Crippen LogP contribution is 1.80. The molecule has 0 spiro atoms. The molecule has 4 nitrogen and oxygen atoms in total. The van der Waals surface area contributed by atoms with Crippen LogP contribution in [-0.4, -0.2) is 38.8 Å². The van der Waals surface area contributed by atoms with Gasteiger partial charge in [0.1, 0.15) is 0 Å². The van der Waals surface area contributed by atoms with Crippen LogP contribution < -0.4 is 0 Å². The minimum absolute atomic E-state index is 0.469. The van der Waals surface area contributed by atoms with E-state index in [-0.39, 0.29) is 0 Å². The lowest BCUT2D eigenvalue weighted by atomic mass is 10.7. The van der Waals surface area contributed by atoms with Crippen molar-refractivity contribution in [1.82, 2.24) is 5.06 Å². The van der Waals surface area contributed by atoms with E-state index in [0.717, 1.165) is 5.06 Å². The molecule has 0 aromatic carbocycles. The molecule has 0 unspecified atom stereocenters. The van der Waals surface area contributed by atoms with E-state index in [2.05, 4.69) is 4.84 Å². The van der Waals surface area contributed by atoms with Gasteiger partial charge < -0.3 is 4.74 Å². The molecule has 54 valence electrons. The summed E-state index contributed by atoms with van der Waals surface area (Å²) in [6.07, 6.45) is 0.610. The average molecular weight is 133 g/mol. The Morgan fingerprint density at radius 2 is 2.22 bits per heavy atom. The van der Waals surface area contributed by atoms with Crippen molar-refractivity contribution < 1.29 is 14.4 Å². The third-order valence-electron chi connectivity index (χ3n) is 0.868.